The molecule has 1 atom stereocenters. The fourth-order valence-corrected chi connectivity index (χ4v) is 1.83. The summed E-state index contributed by atoms with van der Waals surface area (Å²) in [6.45, 7) is 10.7. The third-order valence-corrected chi connectivity index (χ3v) is 4.06. The van der Waals surface area contributed by atoms with Crippen molar-refractivity contribution in [3.63, 3.8) is 0 Å². The quantitative estimate of drug-likeness (QED) is 0.464. The van der Waals surface area contributed by atoms with Crippen LogP contribution in [0.3, 0.4) is 0 Å². The Bertz CT molecular complexity index is 329. The fourth-order valence-electron chi connectivity index (χ4n) is 1.83. The number of nitrogens with one attached hydrogen (secondary N) is 1. The fraction of sp³-hybridized carbons (Fsp3) is 0.882. The maximum Gasteiger partial charge on any atom is 0.407 e. The third-order valence-electron chi connectivity index (χ3n) is 4.06. The summed E-state index contributed by atoms with van der Waals surface area (Å²) < 4.78 is 10.1. The van der Waals surface area contributed by atoms with Crippen LogP contribution in [0.15, 0.2) is 0 Å². The van der Waals surface area contributed by atoms with Crippen LogP contribution in [0.1, 0.15) is 66.7 Å². The Labute approximate surface area is 135 Å². The van der Waals surface area contributed by atoms with E-state index in [9.17, 15) is 9.59 Å². The largest absolute Gasteiger partial charge is 0.462 e. The second kappa shape index (κ2) is 11.3. The molecule has 0 saturated carbocycles. The van der Waals surface area contributed by atoms with Gasteiger partial charge in [-0.25, -0.2) is 4.79 Å². The third kappa shape index (κ3) is 8.90. The molecule has 0 aliphatic carbocycles. The molecule has 5 nitrogen and oxygen atoms in total. The molecule has 130 valence electrons. The summed E-state index contributed by atoms with van der Waals surface area (Å²) in [4.78, 5) is 23.3. The molecular weight excluding hydrogens is 282 g/mol. The lowest BCUT2D eigenvalue weighted by molar-refractivity contribution is -0.155. The van der Waals surface area contributed by atoms with Gasteiger partial charge in [0.15, 0.2) is 0 Å². The van der Waals surface area contributed by atoms with Crippen molar-refractivity contribution in [2.45, 2.75) is 66.7 Å². The van der Waals surface area contributed by atoms with Crippen molar-refractivity contribution in [1.29, 1.82) is 0 Å². The van der Waals surface area contributed by atoms with Gasteiger partial charge in [0.2, 0.25) is 0 Å². The standard InChI is InChI=1S/C17H33NO4/c1-6-9-10-14(7-2)13-18-16(20)22-12-11-21-15(19)17(4,5)8-3/h14H,6-13H2,1-5H3,(H,18,20). The van der Waals surface area contributed by atoms with E-state index in [0.717, 1.165) is 12.8 Å². The monoisotopic (exact) mass is 315 g/mol. The summed E-state index contributed by atoms with van der Waals surface area (Å²) in [5, 5.41) is 2.77. The predicted octanol–water partition coefficient (Wildman–Crippen LogP) is 3.91. The molecule has 0 aromatic carbocycles. The molecule has 0 bridgehead atoms. The summed E-state index contributed by atoms with van der Waals surface area (Å²) in [6.07, 6.45) is 4.78. The summed E-state index contributed by atoms with van der Waals surface area (Å²) >= 11 is 0. The first-order chi connectivity index (χ1) is 10.4. The molecular formula is C17H33NO4. The first-order valence-corrected chi connectivity index (χ1v) is 8.45. The lowest BCUT2D eigenvalue weighted by Gasteiger charge is -2.20. The van der Waals surface area contributed by atoms with E-state index in [-0.39, 0.29) is 19.2 Å². The van der Waals surface area contributed by atoms with Crippen LogP contribution >= 0.6 is 0 Å². The molecule has 0 aromatic rings. The van der Waals surface area contributed by atoms with Crippen molar-refractivity contribution >= 4 is 12.1 Å². The molecule has 0 spiro atoms. The smallest absolute Gasteiger partial charge is 0.407 e. The van der Waals surface area contributed by atoms with Crippen LogP contribution in [0.2, 0.25) is 0 Å². The van der Waals surface area contributed by atoms with Gasteiger partial charge in [0, 0.05) is 6.54 Å². The zero-order valence-electron chi connectivity index (χ0n) is 14.9. The zero-order valence-corrected chi connectivity index (χ0v) is 14.9. The molecule has 0 aromatic heterocycles. The molecule has 0 saturated heterocycles. The Balaban J connectivity index is 3.80. The summed E-state index contributed by atoms with van der Waals surface area (Å²) in [6, 6.07) is 0. The van der Waals surface area contributed by atoms with E-state index in [1.807, 2.05) is 20.8 Å². The highest BCUT2D eigenvalue weighted by Gasteiger charge is 2.26. The van der Waals surface area contributed by atoms with E-state index >= 15 is 0 Å². The Hall–Kier alpha value is -1.26. The Morgan fingerprint density at radius 1 is 1.09 bits per heavy atom. The first kappa shape index (κ1) is 20.7. The predicted molar refractivity (Wildman–Crippen MR) is 87.7 cm³/mol. The second-order valence-corrected chi connectivity index (χ2v) is 6.31. The van der Waals surface area contributed by atoms with Crippen molar-refractivity contribution in [2.24, 2.45) is 11.3 Å². The van der Waals surface area contributed by atoms with Gasteiger partial charge >= 0.3 is 12.1 Å². The molecule has 0 heterocycles. The summed E-state index contributed by atoms with van der Waals surface area (Å²) in [5.74, 6) is 0.236. The highest BCUT2D eigenvalue weighted by molar-refractivity contribution is 5.75. The molecule has 0 rings (SSSR count). The van der Waals surface area contributed by atoms with Gasteiger partial charge in [-0.3, -0.25) is 4.79 Å². The molecule has 5 heteroatoms. The lowest BCUT2D eigenvalue weighted by atomic mass is 9.91. The molecule has 1 amide bonds. The van der Waals surface area contributed by atoms with Gasteiger partial charge in [-0.05, 0) is 32.6 Å². The number of rotatable bonds is 11. The molecule has 22 heavy (non-hydrogen) atoms. The highest BCUT2D eigenvalue weighted by atomic mass is 16.6. The molecule has 0 aliphatic rings. The number of hydrogen-bond donors (Lipinski definition) is 1. The number of ether oxygens (including phenoxy) is 2. The van der Waals surface area contributed by atoms with Crippen LogP contribution in [0, 0.1) is 11.3 Å². The van der Waals surface area contributed by atoms with Crippen molar-refractivity contribution in [3.05, 3.63) is 0 Å². The van der Waals surface area contributed by atoms with Crippen LogP contribution < -0.4 is 5.32 Å². The average molecular weight is 315 g/mol. The minimum atomic E-state index is -0.490. The number of unbranched alkanes of at least 4 members (excludes halogenated alkanes) is 1. The Kier molecular flexibility index (Phi) is 10.7. The average Bonchev–Trinajstić information content (AvgIpc) is 2.51. The van der Waals surface area contributed by atoms with Crippen LogP contribution in [-0.4, -0.2) is 31.8 Å². The topological polar surface area (TPSA) is 64.6 Å². The van der Waals surface area contributed by atoms with E-state index in [2.05, 4.69) is 19.2 Å². The van der Waals surface area contributed by atoms with Gasteiger partial charge in [0.25, 0.3) is 0 Å². The van der Waals surface area contributed by atoms with E-state index in [0.29, 0.717) is 18.9 Å². The number of alkyl carbamates (subject to hydrolysis) is 1. The van der Waals surface area contributed by atoms with E-state index in [4.69, 9.17) is 9.47 Å². The number of carbonyl (C=O) groups is 2. The normalized spacial score (nSPS) is 12.6. The van der Waals surface area contributed by atoms with Crippen LogP contribution in [0.5, 0.6) is 0 Å². The van der Waals surface area contributed by atoms with Gasteiger partial charge < -0.3 is 14.8 Å². The van der Waals surface area contributed by atoms with Crippen molar-refractivity contribution in [2.75, 3.05) is 19.8 Å². The van der Waals surface area contributed by atoms with Crippen molar-refractivity contribution in [1.82, 2.24) is 5.32 Å². The van der Waals surface area contributed by atoms with Crippen molar-refractivity contribution < 1.29 is 19.1 Å². The maximum atomic E-state index is 11.7. The highest BCUT2D eigenvalue weighted by Crippen LogP contribution is 2.21. The Morgan fingerprint density at radius 3 is 2.27 bits per heavy atom. The second-order valence-electron chi connectivity index (χ2n) is 6.31. The molecule has 0 fully saturated rings. The van der Waals surface area contributed by atoms with Gasteiger partial charge in [0.05, 0.1) is 5.41 Å². The number of amides is 1. The maximum absolute atomic E-state index is 11.7. The van der Waals surface area contributed by atoms with Gasteiger partial charge in [0.1, 0.15) is 13.2 Å². The zero-order chi connectivity index (χ0) is 17.0. The van der Waals surface area contributed by atoms with Crippen LogP contribution in [-0.2, 0) is 14.3 Å². The Morgan fingerprint density at radius 2 is 1.73 bits per heavy atom. The summed E-state index contributed by atoms with van der Waals surface area (Å²) in [7, 11) is 0. The molecule has 0 aliphatic heterocycles. The van der Waals surface area contributed by atoms with E-state index in [1.54, 1.807) is 0 Å². The molecule has 0 radical (unpaired) electrons. The summed E-state index contributed by atoms with van der Waals surface area (Å²) in [5.41, 5.74) is -0.490. The van der Waals surface area contributed by atoms with Gasteiger partial charge in [-0.15, -0.1) is 0 Å². The molecule has 1 N–H and O–H groups in total. The minimum Gasteiger partial charge on any atom is -0.462 e. The van der Waals surface area contributed by atoms with E-state index < -0.39 is 11.5 Å². The number of carbonyl (C=O) groups excluding carboxylic acids is 2. The number of esters is 1. The van der Waals surface area contributed by atoms with Crippen LogP contribution in [0.25, 0.3) is 0 Å². The molecule has 1 unspecified atom stereocenters. The van der Waals surface area contributed by atoms with E-state index in [1.165, 1.54) is 12.8 Å². The van der Waals surface area contributed by atoms with Gasteiger partial charge in [-0.2, -0.15) is 0 Å². The minimum absolute atomic E-state index is 0.0864. The number of hydrogen-bond acceptors (Lipinski definition) is 4. The van der Waals surface area contributed by atoms with Crippen molar-refractivity contribution in [3.8, 4) is 0 Å². The van der Waals surface area contributed by atoms with Gasteiger partial charge in [-0.1, -0.05) is 40.0 Å². The van der Waals surface area contributed by atoms with Crippen LogP contribution in [0.4, 0.5) is 4.79 Å². The lowest BCUT2D eigenvalue weighted by Crippen LogP contribution is -2.31. The SMILES string of the molecule is CCCCC(CC)CNC(=O)OCCOC(=O)C(C)(C)CC. The first-order valence-electron chi connectivity index (χ1n) is 8.45.